The van der Waals surface area contributed by atoms with E-state index in [1.165, 1.54) is 49.5 Å². The number of urea groups is 1. The lowest BCUT2D eigenvalue weighted by Crippen LogP contribution is -2.50. The van der Waals surface area contributed by atoms with Crippen LogP contribution in [0.1, 0.15) is 60.3 Å². The molecule has 0 aromatic heterocycles. The van der Waals surface area contributed by atoms with Crippen molar-refractivity contribution in [2.75, 3.05) is 20.8 Å². The zero-order valence-corrected chi connectivity index (χ0v) is 26.2. The van der Waals surface area contributed by atoms with Crippen LogP contribution in [0, 0.1) is 23.0 Å². The summed E-state index contributed by atoms with van der Waals surface area (Å²) in [5.41, 5.74) is 6.49. The number of carbonyl (C=O) groups excluding carboxylic acids is 2. The van der Waals surface area contributed by atoms with Crippen LogP contribution in [0.5, 0.6) is 5.75 Å². The van der Waals surface area contributed by atoms with Crippen LogP contribution in [0.15, 0.2) is 54.6 Å². The fourth-order valence-corrected chi connectivity index (χ4v) is 6.26. The van der Waals surface area contributed by atoms with Gasteiger partial charge in [-0.1, -0.05) is 68.2 Å². The topological polar surface area (TPSA) is 93.9 Å². The van der Waals surface area contributed by atoms with E-state index in [1.54, 1.807) is 24.3 Å². The fraction of sp³-hybridized carbons (Fsp3) is 0.375. The summed E-state index contributed by atoms with van der Waals surface area (Å²) in [5.74, 6) is -2.15. The molecule has 4 rings (SSSR count). The van der Waals surface area contributed by atoms with E-state index < -0.39 is 41.1 Å². The van der Waals surface area contributed by atoms with Crippen LogP contribution in [0.25, 0.3) is 0 Å². The zero-order valence-electron chi connectivity index (χ0n) is 24.6. The van der Waals surface area contributed by atoms with Crippen molar-refractivity contribution >= 4 is 35.2 Å². The number of esters is 1. The first-order valence-corrected chi connectivity index (χ1v) is 14.4. The summed E-state index contributed by atoms with van der Waals surface area (Å²) < 4.78 is 41.5. The number of hydrogen-bond acceptors (Lipinski definition) is 5. The number of rotatable bonds is 7. The van der Waals surface area contributed by atoms with Crippen LogP contribution in [-0.2, 0) is 16.8 Å². The second kappa shape index (κ2) is 12.7. The standard InChI is InChI=1S/C32H35Cl2F2N3O4/c1-31(2,3)15-19-17-39(30(41)38-16-18-9-11-21(29(40)43-5)26(13-18)42-4)28(22-7-6-8-24(34)27(22)36)32(19,37)23-12-10-20(33)14-25(23)35/h6-14,19,28H,15-17,37H2,1-5H3,(H,38,41)/t19-,28-,32+/m1/s1. The molecule has 0 saturated carbocycles. The first kappa shape index (κ1) is 32.5. The summed E-state index contributed by atoms with van der Waals surface area (Å²) in [6, 6.07) is 11.8. The molecule has 1 aliphatic rings. The van der Waals surface area contributed by atoms with Crippen LogP contribution in [0.2, 0.25) is 10.0 Å². The molecule has 1 heterocycles. The Balaban J connectivity index is 1.78. The Kier molecular flexibility index (Phi) is 9.59. The first-order chi connectivity index (χ1) is 20.2. The summed E-state index contributed by atoms with van der Waals surface area (Å²) in [7, 11) is 2.69. The van der Waals surface area contributed by atoms with Gasteiger partial charge in [0.15, 0.2) is 0 Å². The van der Waals surface area contributed by atoms with Gasteiger partial charge < -0.3 is 25.4 Å². The zero-order chi connectivity index (χ0) is 31.7. The lowest BCUT2D eigenvalue weighted by molar-refractivity contribution is 0.0597. The molecule has 2 amide bonds. The lowest BCUT2D eigenvalue weighted by Gasteiger charge is -2.40. The Morgan fingerprint density at radius 2 is 1.81 bits per heavy atom. The van der Waals surface area contributed by atoms with E-state index >= 15 is 8.78 Å². The SMILES string of the molecule is COC(=O)c1ccc(CNC(=O)N2C[C@@H](CC(C)(C)C)[C@](N)(c3ccc(Cl)cc3F)[C@H]2c2cccc(Cl)c2F)cc1OC. The van der Waals surface area contributed by atoms with Crippen molar-refractivity contribution in [2.45, 2.75) is 45.3 Å². The molecule has 0 spiro atoms. The highest BCUT2D eigenvalue weighted by Crippen LogP contribution is 2.53. The summed E-state index contributed by atoms with van der Waals surface area (Å²) in [6.07, 6.45) is 0.500. The molecule has 0 bridgehead atoms. The van der Waals surface area contributed by atoms with Crippen molar-refractivity contribution in [3.63, 3.8) is 0 Å². The molecule has 0 unspecified atom stereocenters. The third-order valence-corrected chi connectivity index (χ3v) is 8.29. The Hall–Kier alpha value is -3.40. The molecule has 3 N–H and O–H groups in total. The average molecular weight is 635 g/mol. The molecule has 3 aromatic rings. The summed E-state index contributed by atoms with van der Waals surface area (Å²) in [6.45, 7) is 6.23. The van der Waals surface area contributed by atoms with E-state index in [0.717, 1.165) is 0 Å². The number of nitrogens with one attached hydrogen (secondary N) is 1. The van der Waals surface area contributed by atoms with Gasteiger partial charge >= 0.3 is 12.0 Å². The van der Waals surface area contributed by atoms with Crippen molar-refractivity contribution in [3.8, 4) is 5.75 Å². The summed E-state index contributed by atoms with van der Waals surface area (Å²) >= 11 is 12.3. The second-order valence-electron chi connectivity index (χ2n) is 11.9. The van der Waals surface area contributed by atoms with E-state index in [9.17, 15) is 9.59 Å². The molecule has 11 heteroatoms. The number of hydrogen-bond donors (Lipinski definition) is 2. The highest BCUT2D eigenvalue weighted by molar-refractivity contribution is 6.31. The van der Waals surface area contributed by atoms with Gasteiger partial charge in [-0.25, -0.2) is 18.4 Å². The summed E-state index contributed by atoms with van der Waals surface area (Å²) in [5, 5.41) is 2.91. The molecule has 0 aliphatic carbocycles. The number of benzene rings is 3. The first-order valence-electron chi connectivity index (χ1n) is 13.7. The number of nitrogens with two attached hydrogens (primary N) is 1. The minimum Gasteiger partial charge on any atom is -0.496 e. The number of likely N-dealkylation sites (tertiary alicyclic amines) is 1. The van der Waals surface area contributed by atoms with Crippen LogP contribution in [0.4, 0.5) is 13.6 Å². The number of methoxy groups -OCH3 is 2. The lowest BCUT2D eigenvalue weighted by atomic mass is 9.69. The fourth-order valence-electron chi connectivity index (χ4n) is 5.92. The van der Waals surface area contributed by atoms with Crippen LogP contribution in [-0.4, -0.2) is 37.7 Å². The number of ether oxygens (including phenoxy) is 2. The quantitative estimate of drug-likeness (QED) is 0.268. The molecule has 230 valence electrons. The predicted octanol–water partition coefficient (Wildman–Crippen LogP) is 7.24. The van der Waals surface area contributed by atoms with E-state index in [0.29, 0.717) is 12.0 Å². The molecular formula is C32H35Cl2F2N3O4. The maximum Gasteiger partial charge on any atom is 0.341 e. The molecule has 7 nitrogen and oxygen atoms in total. The largest absolute Gasteiger partial charge is 0.496 e. The van der Waals surface area contributed by atoms with E-state index in [-0.39, 0.29) is 51.0 Å². The maximum absolute atomic E-state index is 15.7. The van der Waals surface area contributed by atoms with Crippen molar-refractivity contribution in [1.82, 2.24) is 10.2 Å². The Morgan fingerprint density at radius 1 is 1.09 bits per heavy atom. The van der Waals surface area contributed by atoms with Crippen molar-refractivity contribution in [3.05, 3.63) is 98.5 Å². The van der Waals surface area contributed by atoms with Crippen molar-refractivity contribution < 1.29 is 27.8 Å². The van der Waals surface area contributed by atoms with Gasteiger partial charge in [0.1, 0.15) is 22.9 Å². The molecule has 0 radical (unpaired) electrons. The smallest absolute Gasteiger partial charge is 0.341 e. The Morgan fingerprint density at radius 3 is 2.44 bits per heavy atom. The Bertz CT molecular complexity index is 1530. The normalized spacial score (nSPS) is 20.2. The molecule has 3 atom stereocenters. The molecular weight excluding hydrogens is 599 g/mol. The molecule has 43 heavy (non-hydrogen) atoms. The van der Waals surface area contributed by atoms with Crippen LogP contribution >= 0.6 is 23.2 Å². The van der Waals surface area contributed by atoms with Gasteiger partial charge in [0.05, 0.1) is 30.8 Å². The van der Waals surface area contributed by atoms with Gasteiger partial charge in [0, 0.05) is 35.2 Å². The molecule has 1 saturated heterocycles. The van der Waals surface area contributed by atoms with E-state index in [4.69, 9.17) is 38.4 Å². The van der Waals surface area contributed by atoms with E-state index in [1.807, 2.05) is 20.8 Å². The molecule has 3 aromatic carbocycles. The maximum atomic E-state index is 15.7. The van der Waals surface area contributed by atoms with Crippen LogP contribution in [0.3, 0.4) is 0 Å². The van der Waals surface area contributed by atoms with Gasteiger partial charge in [-0.3, -0.25) is 0 Å². The van der Waals surface area contributed by atoms with Crippen molar-refractivity contribution in [1.29, 1.82) is 0 Å². The van der Waals surface area contributed by atoms with Gasteiger partial charge in [-0.15, -0.1) is 0 Å². The Labute approximate surface area is 260 Å². The third-order valence-electron chi connectivity index (χ3n) is 7.77. The third kappa shape index (κ3) is 6.59. The van der Waals surface area contributed by atoms with Crippen molar-refractivity contribution in [2.24, 2.45) is 17.1 Å². The molecule has 1 aliphatic heterocycles. The van der Waals surface area contributed by atoms with E-state index in [2.05, 4.69) is 5.32 Å². The highest BCUT2D eigenvalue weighted by atomic mass is 35.5. The average Bonchev–Trinajstić information content (AvgIpc) is 3.23. The minimum absolute atomic E-state index is 0.0503. The molecule has 1 fully saturated rings. The predicted molar refractivity (Wildman–Crippen MR) is 162 cm³/mol. The van der Waals surface area contributed by atoms with Gasteiger partial charge in [-0.2, -0.15) is 0 Å². The van der Waals surface area contributed by atoms with Gasteiger partial charge in [-0.05, 0) is 47.7 Å². The van der Waals surface area contributed by atoms with Gasteiger partial charge in [0.2, 0.25) is 0 Å². The minimum atomic E-state index is -1.55. The number of carbonyl (C=O) groups is 2. The summed E-state index contributed by atoms with van der Waals surface area (Å²) in [4.78, 5) is 27.4. The highest BCUT2D eigenvalue weighted by Gasteiger charge is 2.57. The number of halogens is 4. The monoisotopic (exact) mass is 633 g/mol. The van der Waals surface area contributed by atoms with Crippen LogP contribution < -0.4 is 15.8 Å². The van der Waals surface area contributed by atoms with Gasteiger partial charge in [0.25, 0.3) is 0 Å². The number of nitrogens with zero attached hydrogens (tertiary/aromatic N) is 1. The second-order valence-corrected chi connectivity index (χ2v) is 12.7. The number of amides is 2.